The Morgan fingerprint density at radius 2 is 1.87 bits per heavy atom. The Morgan fingerprint density at radius 1 is 1.40 bits per heavy atom. The number of rotatable bonds is 4. The molecule has 82 valence electrons. The quantitative estimate of drug-likeness (QED) is 0.402. The van der Waals surface area contributed by atoms with Gasteiger partial charge in [0.25, 0.3) is 0 Å². The molecule has 0 saturated carbocycles. The Morgan fingerprint density at radius 3 is 2.20 bits per heavy atom. The van der Waals surface area contributed by atoms with Crippen LogP contribution in [0.2, 0.25) is 0 Å². The topological polar surface area (TPSA) is 92.5 Å². The van der Waals surface area contributed by atoms with Crippen LogP contribution >= 0.6 is 0 Å². The third-order valence-corrected chi connectivity index (χ3v) is 1.37. The molecule has 0 heterocycles. The molecule has 0 saturated heterocycles. The van der Waals surface area contributed by atoms with Gasteiger partial charge in [-0.25, -0.2) is 0 Å². The molecule has 0 spiro atoms. The first-order valence-corrected chi connectivity index (χ1v) is 4.40. The molecule has 2 N–H and O–H groups in total. The molecule has 15 heavy (non-hydrogen) atoms. The number of carboxylic acid groups (broad SMARTS) is 1. The van der Waals surface area contributed by atoms with E-state index in [9.17, 15) is 14.7 Å². The van der Waals surface area contributed by atoms with Crippen molar-refractivity contribution in [2.24, 2.45) is 5.73 Å². The predicted molar refractivity (Wildman–Crippen MR) is 48.1 cm³/mol. The van der Waals surface area contributed by atoms with Gasteiger partial charge in [-0.3, -0.25) is 4.79 Å². The molecule has 0 aliphatic rings. The normalized spacial score (nSPS) is 12.5. The van der Waals surface area contributed by atoms with Crippen molar-refractivity contribution in [1.82, 2.24) is 0 Å². The standard InChI is InChI=1S/C9H17NO4.K/c1-9(2,3)14-8(13)6(10)4-5-7(11)12;/h6H,4-5,10H2,1-3H3,(H,11,12);/q;+1/p-1/t6-;/m0./s1. The fourth-order valence-electron chi connectivity index (χ4n) is 0.769. The van der Waals surface area contributed by atoms with Crippen molar-refractivity contribution >= 4 is 11.9 Å². The van der Waals surface area contributed by atoms with Gasteiger partial charge in [-0.2, -0.15) is 0 Å². The molecule has 0 fully saturated rings. The number of carbonyl (C=O) groups excluding carboxylic acids is 2. The largest absolute Gasteiger partial charge is 1.00 e. The molecule has 0 aliphatic carbocycles. The molecule has 5 nitrogen and oxygen atoms in total. The molecule has 0 aliphatic heterocycles. The van der Waals surface area contributed by atoms with E-state index in [1.165, 1.54) is 0 Å². The van der Waals surface area contributed by atoms with Crippen LogP contribution in [-0.4, -0.2) is 23.6 Å². The third kappa shape index (κ3) is 10.8. The number of esters is 1. The van der Waals surface area contributed by atoms with Crippen LogP contribution in [0.5, 0.6) is 0 Å². The van der Waals surface area contributed by atoms with Gasteiger partial charge in [-0.1, -0.05) is 0 Å². The van der Waals surface area contributed by atoms with Crippen molar-refractivity contribution in [3.05, 3.63) is 0 Å². The van der Waals surface area contributed by atoms with Crippen LogP contribution in [0.4, 0.5) is 0 Å². The maximum Gasteiger partial charge on any atom is 1.00 e. The summed E-state index contributed by atoms with van der Waals surface area (Å²) < 4.78 is 4.95. The van der Waals surface area contributed by atoms with Crippen LogP contribution in [-0.2, 0) is 14.3 Å². The molecular weight excluding hydrogens is 225 g/mol. The van der Waals surface area contributed by atoms with E-state index in [1.807, 2.05) is 0 Å². The molecular formula is C9H16KNO4. The van der Waals surface area contributed by atoms with E-state index in [1.54, 1.807) is 20.8 Å². The second-order valence-corrected chi connectivity index (χ2v) is 4.05. The van der Waals surface area contributed by atoms with E-state index >= 15 is 0 Å². The maximum atomic E-state index is 11.2. The van der Waals surface area contributed by atoms with Gasteiger partial charge in [-0.05, 0) is 33.6 Å². The monoisotopic (exact) mass is 241 g/mol. The molecule has 0 aromatic rings. The summed E-state index contributed by atoms with van der Waals surface area (Å²) in [7, 11) is 0. The molecule has 0 aromatic heterocycles. The van der Waals surface area contributed by atoms with E-state index in [-0.39, 0.29) is 64.2 Å². The first kappa shape index (κ1) is 17.9. The average Bonchev–Trinajstić information content (AvgIpc) is 1.96. The van der Waals surface area contributed by atoms with Gasteiger partial charge in [0.2, 0.25) is 0 Å². The molecule has 0 rings (SSSR count). The van der Waals surface area contributed by atoms with E-state index in [4.69, 9.17) is 10.5 Å². The predicted octanol–water partition coefficient (Wildman–Crippen LogP) is -3.81. The fraction of sp³-hybridized carbons (Fsp3) is 0.778. The van der Waals surface area contributed by atoms with Gasteiger partial charge in [-0.15, -0.1) is 0 Å². The van der Waals surface area contributed by atoms with E-state index in [2.05, 4.69) is 0 Å². The van der Waals surface area contributed by atoms with Crippen LogP contribution in [0.25, 0.3) is 0 Å². The number of ether oxygens (including phenoxy) is 1. The summed E-state index contributed by atoms with van der Waals surface area (Å²) in [6.45, 7) is 5.16. The van der Waals surface area contributed by atoms with Gasteiger partial charge in [0.1, 0.15) is 11.6 Å². The number of carbonyl (C=O) groups is 2. The van der Waals surface area contributed by atoms with Crippen LogP contribution in [0, 0.1) is 0 Å². The van der Waals surface area contributed by atoms with Crippen molar-refractivity contribution in [2.75, 3.05) is 0 Å². The van der Waals surface area contributed by atoms with Crippen molar-refractivity contribution in [3.63, 3.8) is 0 Å². The van der Waals surface area contributed by atoms with Crippen molar-refractivity contribution in [3.8, 4) is 0 Å². The molecule has 1 atom stereocenters. The van der Waals surface area contributed by atoms with E-state index < -0.39 is 23.6 Å². The molecule has 0 unspecified atom stereocenters. The molecule has 0 amide bonds. The number of carboxylic acids is 1. The Bertz CT molecular complexity index is 225. The Balaban J connectivity index is 0. The molecule has 0 radical (unpaired) electrons. The van der Waals surface area contributed by atoms with Crippen molar-refractivity contribution in [2.45, 2.75) is 45.3 Å². The van der Waals surface area contributed by atoms with Crippen LogP contribution in [0.1, 0.15) is 33.6 Å². The summed E-state index contributed by atoms with van der Waals surface area (Å²) >= 11 is 0. The van der Waals surface area contributed by atoms with Gasteiger partial charge in [0, 0.05) is 5.97 Å². The van der Waals surface area contributed by atoms with Gasteiger partial charge < -0.3 is 20.4 Å². The fourth-order valence-corrected chi connectivity index (χ4v) is 0.769. The Kier molecular flexibility index (Phi) is 9.26. The van der Waals surface area contributed by atoms with Crippen LogP contribution in [0.3, 0.4) is 0 Å². The van der Waals surface area contributed by atoms with Crippen LogP contribution in [0.15, 0.2) is 0 Å². The summed E-state index contributed by atoms with van der Waals surface area (Å²) in [5.74, 6) is -1.80. The van der Waals surface area contributed by atoms with Crippen molar-refractivity contribution in [1.29, 1.82) is 0 Å². The molecule has 6 heteroatoms. The first-order chi connectivity index (χ1) is 6.22. The van der Waals surface area contributed by atoms with Gasteiger partial charge in [0.05, 0.1) is 0 Å². The second-order valence-electron chi connectivity index (χ2n) is 4.05. The third-order valence-electron chi connectivity index (χ3n) is 1.37. The molecule has 0 aromatic carbocycles. The first-order valence-electron chi connectivity index (χ1n) is 4.40. The average molecular weight is 241 g/mol. The zero-order chi connectivity index (χ0) is 11.4. The molecule has 0 bridgehead atoms. The smallest absolute Gasteiger partial charge is 0.550 e. The summed E-state index contributed by atoms with van der Waals surface area (Å²) in [4.78, 5) is 21.3. The van der Waals surface area contributed by atoms with E-state index in [0.29, 0.717) is 0 Å². The minimum atomic E-state index is -1.22. The minimum absolute atomic E-state index is 0. The summed E-state index contributed by atoms with van der Waals surface area (Å²) in [6, 6.07) is -0.896. The number of hydrogen-bond acceptors (Lipinski definition) is 5. The zero-order valence-corrected chi connectivity index (χ0v) is 12.8. The SMILES string of the molecule is CC(C)(C)OC(=O)[C@@H](N)CCC(=O)[O-].[K+]. The number of hydrogen-bond donors (Lipinski definition) is 1. The summed E-state index contributed by atoms with van der Waals surface area (Å²) in [5.41, 5.74) is 4.81. The summed E-state index contributed by atoms with van der Waals surface area (Å²) in [5, 5.41) is 10.1. The number of nitrogens with two attached hydrogens (primary N) is 1. The zero-order valence-electron chi connectivity index (χ0n) is 9.70. The number of aliphatic carboxylic acids is 1. The maximum absolute atomic E-state index is 11.2. The van der Waals surface area contributed by atoms with E-state index in [0.717, 1.165) is 0 Å². The second kappa shape index (κ2) is 7.75. The van der Waals surface area contributed by atoms with Gasteiger partial charge >= 0.3 is 57.4 Å². The van der Waals surface area contributed by atoms with Gasteiger partial charge in [0.15, 0.2) is 0 Å². The summed E-state index contributed by atoms with van der Waals surface area (Å²) in [6.07, 6.45) is -0.197. The van der Waals surface area contributed by atoms with Crippen molar-refractivity contribution < 1.29 is 70.8 Å². The minimum Gasteiger partial charge on any atom is -0.550 e. The Labute approximate surface area is 132 Å². The Hall–Kier alpha value is 0.536. The van der Waals surface area contributed by atoms with Crippen LogP contribution < -0.4 is 62.2 Å².